The Morgan fingerprint density at radius 3 is 2.71 bits per heavy atom. The van der Waals surface area contributed by atoms with E-state index in [-0.39, 0.29) is 24.0 Å². The molecule has 2 rings (SSSR count). The minimum absolute atomic E-state index is 0.0282. The van der Waals surface area contributed by atoms with Gasteiger partial charge in [-0.15, -0.1) is 0 Å². The van der Waals surface area contributed by atoms with Crippen molar-refractivity contribution >= 4 is 6.03 Å². The second-order valence-electron chi connectivity index (χ2n) is 5.36. The lowest BCUT2D eigenvalue weighted by atomic mass is 10.1. The number of aryl methyl sites for hydroxylation is 1. The number of carbonyl (C=O) groups is 1. The normalized spacial score (nSPS) is 13.3. The Balaban J connectivity index is 2.21. The van der Waals surface area contributed by atoms with Crippen LogP contribution >= 0.6 is 0 Å². The quantitative estimate of drug-likeness (QED) is 0.719. The third kappa shape index (κ3) is 4.51. The van der Waals surface area contributed by atoms with E-state index in [4.69, 9.17) is 9.63 Å². The van der Waals surface area contributed by atoms with Gasteiger partial charge in [0.1, 0.15) is 11.9 Å². The first kappa shape index (κ1) is 17.9. The van der Waals surface area contributed by atoms with Gasteiger partial charge in [-0.1, -0.05) is 30.3 Å². The van der Waals surface area contributed by atoms with Gasteiger partial charge in [0.05, 0.1) is 0 Å². The van der Waals surface area contributed by atoms with E-state index in [1.54, 1.807) is 25.1 Å². The van der Waals surface area contributed by atoms with Gasteiger partial charge in [-0.3, -0.25) is 0 Å². The summed E-state index contributed by atoms with van der Waals surface area (Å²) in [5.74, 6) is 0.0101. The van der Waals surface area contributed by atoms with E-state index >= 15 is 0 Å². The van der Waals surface area contributed by atoms with Crippen molar-refractivity contribution in [2.75, 3.05) is 6.61 Å². The maximum Gasteiger partial charge on any atom is 0.315 e. The molecule has 8 heteroatoms. The van der Waals surface area contributed by atoms with Gasteiger partial charge in [-0.2, -0.15) is 4.98 Å². The summed E-state index contributed by atoms with van der Waals surface area (Å²) < 4.78 is 19.1. The van der Waals surface area contributed by atoms with Crippen molar-refractivity contribution in [3.63, 3.8) is 0 Å². The molecule has 2 atom stereocenters. The Hall–Kier alpha value is -2.48. The fourth-order valence-electron chi connectivity index (χ4n) is 2.32. The molecular formula is C16H21FN4O3. The van der Waals surface area contributed by atoms with Gasteiger partial charge >= 0.3 is 6.03 Å². The lowest BCUT2D eigenvalue weighted by Gasteiger charge is -2.20. The van der Waals surface area contributed by atoms with Crippen LogP contribution in [-0.4, -0.2) is 33.9 Å². The first-order valence-electron chi connectivity index (χ1n) is 7.77. The SMILES string of the molecule is CCC(CCO)NC(=O)NC(c1noc(C)n1)c1ccccc1F. The van der Waals surface area contributed by atoms with E-state index in [9.17, 15) is 9.18 Å². The van der Waals surface area contributed by atoms with Crippen molar-refractivity contribution in [2.45, 2.75) is 38.8 Å². The predicted molar refractivity (Wildman–Crippen MR) is 84.7 cm³/mol. The first-order valence-corrected chi connectivity index (χ1v) is 7.77. The summed E-state index contributed by atoms with van der Waals surface area (Å²) in [6.07, 6.45) is 1.11. The number of aromatic nitrogens is 2. The maximum atomic E-state index is 14.1. The molecule has 3 N–H and O–H groups in total. The molecule has 0 saturated heterocycles. The highest BCUT2D eigenvalue weighted by molar-refractivity contribution is 5.75. The second kappa shape index (κ2) is 8.39. The monoisotopic (exact) mass is 336 g/mol. The number of aliphatic hydroxyl groups excluding tert-OH is 1. The fraction of sp³-hybridized carbons (Fsp3) is 0.438. The number of nitrogens with zero attached hydrogens (tertiary/aromatic N) is 2. The molecule has 0 aliphatic rings. The first-order chi connectivity index (χ1) is 11.5. The topological polar surface area (TPSA) is 100 Å². The summed E-state index contributed by atoms with van der Waals surface area (Å²) in [6.45, 7) is 3.49. The molecule has 0 aliphatic carbocycles. The number of amides is 2. The highest BCUT2D eigenvalue weighted by Crippen LogP contribution is 2.22. The molecule has 2 aromatic rings. The Morgan fingerprint density at radius 1 is 1.38 bits per heavy atom. The van der Waals surface area contributed by atoms with Gasteiger partial charge < -0.3 is 20.3 Å². The number of carbonyl (C=O) groups excluding carboxylic acids is 1. The number of urea groups is 1. The molecule has 7 nitrogen and oxygen atoms in total. The second-order valence-corrected chi connectivity index (χ2v) is 5.36. The third-order valence-corrected chi connectivity index (χ3v) is 3.60. The summed E-state index contributed by atoms with van der Waals surface area (Å²) in [5.41, 5.74) is 0.239. The van der Waals surface area contributed by atoms with E-state index in [1.807, 2.05) is 6.92 Å². The van der Waals surface area contributed by atoms with Gasteiger partial charge in [-0.25, -0.2) is 9.18 Å². The number of benzene rings is 1. The van der Waals surface area contributed by atoms with Crippen LogP contribution in [0.25, 0.3) is 0 Å². The zero-order chi connectivity index (χ0) is 17.5. The van der Waals surface area contributed by atoms with Gasteiger partial charge in [0.2, 0.25) is 5.89 Å². The fourth-order valence-corrected chi connectivity index (χ4v) is 2.32. The minimum atomic E-state index is -0.879. The number of hydrogen-bond donors (Lipinski definition) is 3. The lowest BCUT2D eigenvalue weighted by molar-refractivity contribution is 0.225. The van der Waals surface area contributed by atoms with E-state index in [2.05, 4.69) is 20.8 Å². The van der Waals surface area contributed by atoms with Crippen molar-refractivity contribution in [3.05, 3.63) is 47.4 Å². The molecule has 0 bridgehead atoms. The number of aliphatic hydroxyl groups is 1. The van der Waals surface area contributed by atoms with E-state index in [0.717, 1.165) is 0 Å². The molecule has 0 fully saturated rings. The van der Waals surface area contributed by atoms with E-state index in [0.29, 0.717) is 18.7 Å². The Morgan fingerprint density at radius 2 is 2.12 bits per heavy atom. The van der Waals surface area contributed by atoms with Crippen LogP contribution in [0.15, 0.2) is 28.8 Å². The summed E-state index contributed by atoms with van der Waals surface area (Å²) in [6, 6.07) is 4.53. The van der Waals surface area contributed by atoms with Crippen molar-refractivity contribution in [3.8, 4) is 0 Å². The molecule has 0 saturated carbocycles. The molecule has 0 spiro atoms. The largest absolute Gasteiger partial charge is 0.396 e. The van der Waals surface area contributed by atoms with Gasteiger partial charge in [0, 0.05) is 25.1 Å². The number of nitrogens with one attached hydrogen (secondary N) is 2. The van der Waals surface area contributed by atoms with Gasteiger partial charge in [0.25, 0.3) is 0 Å². The van der Waals surface area contributed by atoms with Crippen LogP contribution in [0.5, 0.6) is 0 Å². The van der Waals surface area contributed by atoms with Gasteiger partial charge in [0.15, 0.2) is 5.82 Å². The zero-order valence-corrected chi connectivity index (χ0v) is 13.6. The van der Waals surface area contributed by atoms with Crippen LogP contribution in [0, 0.1) is 12.7 Å². The van der Waals surface area contributed by atoms with Crippen molar-refractivity contribution in [1.29, 1.82) is 0 Å². The van der Waals surface area contributed by atoms with Crippen LogP contribution in [0.4, 0.5) is 9.18 Å². The third-order valence-electron chi connectivity index (χ3n) is 3.60. The summed E-state index contributed by atoms with van der Waals surface area (Å²) in [7, 11) is 0. The summed E-state index contributed by atoms with van der Waals surface area (Å²) in [5, 5.41) is 18.2. The molecule has 1 heterocycles. The molecular weight excluding hydrogens is 315 g/mol. The Labute approximate surface area is 139 Å². The molecule has 0 aliphatic heterocycles. The number of rotatable bonds is 7. The molecule has 2 unspecified atom stereocenters. The number of hydrogen-bond acceptors (Lipinski definition) is 5. The molecule has 1 aromatic carbocycles. The average molecular weight is 336 g/mol. The summed E-state index contributed by atoms with van der Waals surface area (Å²) in [4.78, 5) is 16.3. The zero-order valence-electron chi connectivity index (χ0n) is 13.6. The highest BCUT2D eigenvalue weighted by Gasteiger charge is 2.25. The predicted octanol–water partition coefficient (Wildman–Crippen LogP) is 2.07. The van der Waals surface area contributed by atoms with Crippen LogP contribution in [0.1, 0.15) is 43.1 Å². The minimum Gasteiger partial charge on any atom is -0.396 e. The molecule has 0 radical (unpaired) electrons. The van der Waals surface area contributed by atoms with Crippen molar-refractivity contribution in [2.24, 2.45) is 0 Å². The van der Waals surface area contributed by atoms with E-state index in [1.165, 1.54) is 6.07 Å². The van der Waals surface area contributed by atoms with Crippen molar-refractivity contribution < 1.29 is 18.8 Å². The van der Waals surface area contributed by atoms with Crippen LogP contribution < -0.4 is 10.6 Å². The standard InChI is InChI=1S/C16H21FN4O3/c1-3-11(8-9-22)19-16(23)20-14(15-18-10(2)24-21-15)12-6-4-5-7-13(12)17/h4-7,11,14,22H,3,8-9H2,1-2H3,(H2,19,20,23). The van der Waals surface area contributed by atoms with Gasteiger partial charge in [-0.05, 0) is 18.9 Å². The average Bonchev–Trinajstić information content (AvgIpc) is 2.99. The van der Waals surface area contributed by atoms with E-state index < -0.39 is 17.9 Å². The van der Waals surface area contributed by atoms with Crippen LogP contribution in [0.2, 0.25) is 0 Å². The smallest absolute Gasteiger partial charge is 0.315 e. The van der Waals surface area contributed by atoms with Crippen molar-refractivity contribution in [1.82, 2.24) is 20.8 Å². The Kier molecular flexibility index (Phi) is 6.25. The maximum absolute atomic E-state index is 14.1. The molecule has 24 heavy (non-hydrogen) atoms. The molecule has 130 valence electrons. The molecule has 2 amide bonds. The van der Waals surface area contributed by atoms with Crippen LogP contribution in [-0.2, 0) is 0 Å². The summed E-state index contributed by atoms with van der Waals surface area (Å²) >= 11 is 0. The molecule has 1 aromatic heterocycles. The Bertz CT molecular complexity index is 677. The number of halogens is 1. The lowest BCUT2D eigenvalue weighted by Crippen LogP contribution is -2.44. The highest BCUT2D eigenvalue weighted by atomic mass is 19.1. The van der Waals surface area contributed by atoms with Crippen LogP contribution in [0.3, 0.4) is 0 Å².